The molecule has 4 heteroatoms. The molecular formula is C24H40O4. The minimum absolute atomic E-state index is 0.211. The summed E-state index contributed by atoms with van der Waals surface area (Å²) in [6, 6.07) is 0. The average molecular weight is 393 g/mol. The number of ether oxygens (including phenoxy) is 2. The first-order valence-electron chi connectivity index (χ1n) is 11.3. The van der Waals surface area contributed by atoms with Gasteiger partial charge in [0.2, 0.25) is 0 Å². The van der Waals surface area contributed by atoms with E-state index in [1.165, 1.54) is 0 Å². The van der Waals surface area contributed by atoms with E-state index in [4.69, 9.17) is 9.47 Å². The van der Waals surface area contributed by atoms with E-state index in [1.807, 2.05) is 12.2 Å². The zero-order valence-electron chi connectivity index (χ0n) is 17.7. The molecule has 1 aliphatic rings. The second kappa shape index (κ2) is 16.4. The van der Waals surface area contributed by atoms with Crippen molar-refractivity contribution >= 4 is 11.9 Å². The van der Waals surface area contributed by atoms with E-state index in [0.717, 1.165) is 89.9 Å². The Balaban J connectivity index is 2.25. The predicted molar refractivity (Wildman–Crippen MR) is 114 cm³/mol. The molecule has 0 bridgehead atoms. The maximum absolute atomic E-state index is 12.5. The summed E-state index contributed by atoms with van der Waals surface area (Å²) in [5, 5.41) is 0. The zero-order chi connectivity index (χ0) is 20.5. The summed E-state index contributed by atoms with van der Waals surface area (Å²) in [4.78, 5) is 24.9. The quantitative estimate of drug-likeness (QED) is 0.179. The van der Waals surface area contributed by atoms with Crippen molar-refractivity contribution in [3.05, 3.63) is 25.3 Å². The van der Waals surface area contributed by atoms with Gasteiger partial charge in [0.1, 0.15) is 0 Å². The van der Waals surface area contributed by atoms with Gasteiger partial charge in [0.25, 0.3) is 0 Å². The summed E-state index contributed by atoms with van der Waals surface area (Å²) < 4.78 is 10.9. The number of unbranched alkanes of at least 4 members (excludes halogenated alkanes) is 8. The maximum Gasteiger partial charge on any atom is 0.309 e. The van der Waals surface area contributed by atoms with Gasteiger partial charge >= 0.3 is 11.9 Å². The Hall–Kier alpha value is -1.58. The van der Waals surface area contributed by atoms with E-state index >= 15 is 0 Å². The first-order chi connectivity index (χ1) is 13.7. The zero-order valence-corrected chi connectivity index (χ0v) is 17.7. The van der Waals surface area contributed by atoms with Gasteiger partial charge < -0.3 is 9.47 Å². The second-order valence-electron chi connectivity index (χ2n) is 7.82. The lowest BCUT2D eigenvalue weighted by Gasteiger charge is -2.28. The molecule has 0 amide bonds. The molecule has 2 atom stereocenters. The molecule has 28 heavy (non-hydrogen) atoms. The van der Waals surface area contributed by atoms with Crippen molar-refractivity contribution in [1.82, 2.24) is 0 Å². The van der Waals surface area contributed by atoms with Crippen LogP contribution in [0.25, 0.3) is 0 Å². The van der Waals surface area contributed by atoms with Gasteiger partial charge in [-0.1, -0.05) is 50.7 Å². The molecule has 0 aromatic rings. The third-order valence-corrected chi connectivity index (χ3v) is 5.47. The lowest BCUT2D eigenvalue weighted by molar-refractivity contribution is -0.163. The van der Waals surface area contributed by atoms with Crippen molar-refractivity contribution in [3.8, 4) is 0 Å². The minimum Gasteiger partial charge on any atom is -0.465 e. The van der Waals surface area contributed by atoms with Crippen molar-refractivity contribution in [2.75, 3.05) is 13.2 Å². The molecule has 0 aliphatic heterocycles. The first kappa shape index (κ1) is 24.5. The smallest absolute Gasteiger partial charge is 0.309 e. The van der Waals surface area contributed by atoms with E-state index in [9.17, 15) is 9.59 Å². The third-order valence-electron chi connectivity index (χ3n) is 5.47. The molecule has 1 saturated carbocycles. The van der Waals surface area contributed by atoms with Crippen LogP contribution >= 0.6 is 0 Å². The fraction of sp³-hybridized carbons (Fsp3) is 0.750. The first-order valence-corrected chi connectivity index (χ1v) is 11.3. The third kappa shape index (κ3) is 10.7. The summed E-state index contributed by atoms with van der Waals surface area (Å²) in [7, 11) is 0. The standard InChI is InChI=1S/C24H40O4/c1-3-5-7-9-11-15-19-27-23(25)21-17-13-14-18-22(21)24(26)28-20-16-12-10-8-6-4-2/h3-4,21-22H,1-2,5-20H2. The molecule has 1 aliphatic carbocycles. The van der Waals surface area contributed by atoms with Crippen LogP contribution in [0, 0.1) is 11.8 Å². The number of allylic oxidation sites excluding steroid dienone is 2. The molecule has 2 unspecified atom stereocenters. The summed E-state index contributed by atoms with van der Waals surface area (Å²) in [5.74, 6) is -1.07. The highest BCUT2D eigenvalue weighted by molar-refractivity contribution is 5.82. The van der Waals surface area contributed by atoms with E-state index in [-0.39, 0.29) is 23.8 Å². The van der Waals surface area contributed by atoms with E-state index in [0.29, 0.717) is 13.2 Å². The second-order valence-corrected chi connectivity index (χ2v) is 7.82. The van der Waals surface area contributed by atoms with Crippen LogP contribution in [0.1, 0.15) is 89.9 Å². The van der Waals surface area contributed by atoms with Crippen molar-refractivity contribution in [1.29, 1.82) is 0 Å². The van der Waals surface area contributed by atoms with Crippen molar-refractivity contribution in [2.24, 2.45) is 11.8 Å². The highest BCUT2D eigenvalue weighted by Crippen LogP contribution is 2.32. The molecule has 0 saturated heterocycles. The average Bonchev–Trinajstić information content (AvgIpc) is 2.72. The molecular weight excluding hydrogens is 352 g/mol. The van der Waals surface area contributed by atoms with E-state index in [2.05, 4.69) is 13.2 Å². The van der Waals surface area contributed by atoms with Gasteiger partial charge in [-0.15, -0.1) is 13.2 Å². The Bertz CT molecular complexity index is 416. The van der Waals surface area contributed by atoms with Crippen molar-refractivity contribution in [3.63, 3.8) is 0 Å². The highest BCUT2D eigenvalue weighted by atomic mass is 16.5. The molecule has 160 valence electrons. The van der Waals surface area contributed by atoms with Crippen molar-refractivity contribution in [2.45, 2.75) is 89.9 Å². The number of rotatable bonds is 16. The Morgan fingerprint density at radius 3 is 1.46 bits per heavy atom. The SMILES string of the molecule is C=CCCCCCCOC(=O)C1CCCCC1C(=O)OCCCCCCC=C. The van der Waals surface area contributed by atoms with Crippen LogP contribution in [0.3, 0.4) is 0 Å². The molecule has 1 rings (SSSR count). The Kier molecular flexibility index (Phi) is 14.3. The van der Waals surface area contributed by atoms with E-state index < -0.39 is 0 Å². The Morgan fingerprint density at radius 1 is 0.679 bits per heavy atom. The number of carbonyl (C=O) groups is 2. The number of carbonyl (C=O) groups excluding carboxylic acids is 2. The molecule has 0 spiro atoms. The van der Waals surface area contributed by atoms with E-state index in [1.54, 1.807) is 0 Å². The number of hydrogen-bond acceptors (Lipinski definition) is 4. The number of esters is 2. The van der Waals surface area contributed by atoms with Crippen LogP contribution in [-0.2, 0) is 19.1 Å². The fourth-order valence-corrected chi connectivity index (χ4v) is 3.74. The summed E-state index contributed by atoms with van der Waals surface area (Å²) in [6.45, 7) is 8.35. The largest absolute Gasteiger partial charge is 0.465 e. The van der Waals surface area contributed by atoms with Gasteiger partial charge in [0.05, 0.1) is 25.0 Å². The predicted octanol–water partition coefficient (Wildman–Crippen LogP) is 6.15. The Morgan fingerprint density at radius 2 is 1.07 bits per heavy atom. The van der Waals surface area contributed by atoms with Gasteiger partial charge in [-0.05, 0) is 51.4 Å². The Labute approximate surface area is 171 Å². The van der Waals surface area contributed by atoms with Crippen LogP contribution in [0.5, 0.6) is 0 Å². The molecule has 0 aromatic carbocycles. The molecule has 0 aromatic heterocycles. The normalized spacial score (nSPS) is 19.0. The highest BCUT2D eigenvalue weighted by Gasteiger charge is 2.37. The lowest BCUT2D eigenvalue weighted by Crippen LogP contribution is -2.35. The minimum atomic E-state index is -0.324. The van der Waals surface area contributed by atoms with Gasteiger partial charge in [-0.25, -0.2) is 0 Å². The summed E-state index contributed by atoms with van der Waals surface area (Å²) in [6.07, 6.45) is 17.8. The van der Waals surface area contributed by atoms with Gasteiger partial charge in [-0.2, -0.15) is 0 Å². The molecule has 0 N–H and O–H groups in total. The van der Waals surface area contributed by atoms with Gasteiger partial charge in [0.15, 0.2) is 0 Å². The molecule has 1 fully saturated rings. The monoisotopic (exact) mass is 392 g/mol. The molecule has 0 radical (unpaired) electrons. The van der Waals surface area contributed by atoms with Gasteiger partial charge in [0, 0.05) is 0 Å². The van der Waals surface area contributed by atoms with Crippen LogP contribution in [-0.4, -0.2) is 25.2 Å². The fourth-order valence-electron chi connectivity index (χ4n) is 3.74. The summed E-state index contributed by atoms with van der Waals surface area (Å²) >= 11 is 0. The molecule has 0 heterocycles. The summed E-state index contributed by atoms with van der Waals surface area (Å²) in [5.41, 5.74) is 0. The van der Waals surface area contributed by atoms with Crippen molar-refractivity contribution < 1.29 is 19.1 Å². The topological polar surface area (TPSA) is 52.6 Å². The van der Waals surface area contributed by atoms with Gasteiger partial charge in [-0.3, -0.25) is 9.59 Å². The lowest BCUT2D eigenvalue weighted by atomic mass is 9.79. The van der Waals surface area contributed by atoms with Crippen LogP contribution in [0.2, 0.25) is 0 Å². The maximum atomic E-state index is 12.5. The van der Waals surface area contributed by atoms with Crippen LogP contribution < -0.4 is 0 Å². The van der Waals surface area contributed by atoms with Crippen LogP contribution in [0.4, 0.5) is 0 Å². The van der Waals surface area contributed by atoms with Crippen LogP contribution in [0.15, 0.2) is 25.3 Å². The number of hydrogen-bond donors (Lipinski definition) is 0. The molecule has 4 nitrogen and oxygen atoms in total.